The van der Waals surface area contributed by atoms with Gasteiger partial charge in [-0.25, -0.2) is 23.2 Å². The molecular formula is C21H19BrClN5O3S. The number of sulfonamides is 1. The van der Waals surface area contributed by atoms with Gasteiger partial charge in [-0.2, -0.15) is 10.2 Å². The van der Waals surface area contributed by atoms with Gasteiger partial charge in [-0.1, -0.05) is 39.7 Å². The smallest absolute Gasteiger partial charge is 0.240 e. The number of amides is 1. The van der Waals surface area contributed by atoms with E-state index in [-0.39, 0.29) is 10.8 Å². The van der Waals surface area contributed by atoms with Crippen LogP contribution in [0.25, 0.3) is 5.69 Å². The maximum Gasteiger partial charge on any atom is 0.240 e. The predicted octanol–water partition coefficient (Wildman–Crippen LogP) is 3.94. The SMILES string of the molecule is CC(=O)N1N=C(c2ccc(Br)cc2)CC1c1c(C)nn(-c2ccc(S(N)(=O)=O)cc2)c1Cl. The Labute approximate surface area is 198 Å². The molecule has 0 saturated carbocycles. The van der Waals surface area contributed by atoms with Crippen LogP contribution in [0.1, 0.15) is 36.2 Å². The molecule has 0 aliphatic carbocycles. The molecule has 0 bridgehead atoms. The predicted molar refractivity (Wildman–Crippen MR) is 125 cm³/mol. The van der Waals surface area contributed by atoms with Crippen LogP contribution in [0.2, 0.25) is 5.15 Å². The number of hydrazone groups is 1. The fraction of sp³-hybridized carbons (Fsp3) is 0.190. The van der Waals surface area contributed by atoms with Gasteiger partial charge in [0.25, 0.3) is 0 Å². The lowest BCUT2D eigenvalue weighted by Gasteiger charge is -2.20. The summed E-state index contributed by atoms with van der Waals surface area (Å²) in [5.74, 6) is -0.206. The van der Waals surface area contributed by atoms with Crippen molar-refractivity contribution in [1.29, 1.82) is 0 Å². The molecule has 2 heterocycles. The first-order valence-corrected chi connectivity index (χ1v) is 12.3. The third-order valence-electron chi connectivity index (χ3n) is 5.20. The second-order valence-corrected chi connectivity index (χ2v) is 10.2. The molecule has 0 spiro atoms. The van der Waals surface area contributed by atoms with E-state index in [1.807, 2.05) is 31.2 Å². The van der Waals surface area contributed by atoms with E-state index >= 15 is 0 Å². The van der Waals surface area contributed by atoms with Crippen LogP contribution in [0, 0.1) is 6.92 Å². The molecule has 0 fully saturated rings. The quantitative estimate of drug-likeness (QED) is 0.544. The van der Waals surface area contributed by atoms with Crippen molar-refractivity contribution < 1.29 is 13.2 Å². The fourth-order valence-electron chi connectivity index (χ4n) is 3.68. The molecule has 1 amide bonds. The molecule has 2 aromatic carbocycles. The van der Waals surface area contributed by atoms with Gasteiger partial charge in [0.1, 0.15) is 5.15 Å². The number of nitrogens with zero attached hydrogens (tertiary/aromatic N) is 4. The van der Waals surface area contributed by atoms with E-state index in [4.69, 9.17) is 16.7 Å². The molecule has 0 radical (unpaired) electrons. The number of aryl methyl sites for hydroxylation is 1. The molecule has 1 aliphatic rings. The van der Waals surface area contributed by atoms with E-state index in [1.54, 1.807) is 12.1 Å². The molecule has 32 heavy (non-hydrogen) atoms. The van der Waals surface area contributed by atoms with Crippen molar-refractivity contribution in [1.82, 2.24) is 14.8 Å². The standard InChI is InChI=1S/C21H19BrClN5O3S/c1-12-20(21(23)28(25-12)16-7-9-17(10-8-16)32(24,30)31)19-11-18(26-27(19)13(2)29)14-3-5-15(22)6-4-14/h3-10,19H,11H2,1-2H3,(H2,24,30,31). The Bertz CT molecular complexity index is 1340. The second-order valence-electron chi connectivity index (χ2n) is 7.38. The average Bonchev–Trinajstić information content (AvgIpc) is 3.29. The van der Waals surface area contributed by atoms with Crippen molar-refractivity contribution in [2.45, 2.75) is 31.2 Å². The summed E-state index contributed by atoms with van der Waals surface area (Å²) < 4.78 is 25.5. The number of primary sulfonamides is 1. The number of carbonyl (C=O) groups is 1. The molecule has 3 aromatic rings. The van der Waals surface area contributed by atoms with Crippen molar-refractivity contribution in [2.75, 3.05) is 0 Å². The average molecular weight is 537 g/mol. The molecule has 1 atom stereocenters. The molecule has 1 aromatic heterocycles. The molecule has 8 nitrogen and oxygen atoms in total. The topological polar surface area (TPSA) is 111 Å². The van der Waals surface area contributed by atoms with Crippen molar-refractivity contribution in [3.63, 3.8) is 0 Å². The summed E-state index contributed by atoms with van der Waals surface area (Å²) in [7, 11) is -3.80. The Balaban J connectivity index is 1.71. The van der Waals surface area contributed by atoms with Gasteiger partial charge in [-0.3, -0.25) is 4.79 Å². The summed E-state index contributed by atoms with van der Waals surface area (Å²) in [6.07, 6.45) is 0.484. The molecule has 166 valence electrons. The van der Waals surface area contributed by atoms with Crippen LogP contribution in [-0.2, 0) is 14.8 Å². The highest BCUT2D eigenvalue weighted by Gasteiger charge is 2.36. The number of hydrogen-bond donors (Lipinski definition) is 1. The molecule has 1 aliphatic heterocycles. The first-order chi connectivity index (χ1) is 15.1. The van der Waals surface area contributed by atoms with Gasteiger partial charge >= 0.3 is 0 Å². The lowest BCUT2D eigenvalue weighted by Crippen LogP contribution is -2.24. The van der Waals surface area contributed by atoms with Gasteiger partial charge in [-0.05, 0) is 48.9 Å². The van der Waals surface area contributed by atoms with Crippen molar-refractivity contribution in [3.8, 4) is 5.69 Å². The first kappa shape index (κ1) is 22.7. The van der Waals surface area contributed by atoms with Crippen LogP contribution in [-0.4, -0.2) is 34.8 Å². The first-order valence-electron chi connectivity index (χ1n) is 9.57. The number of benzene rings is 2. The zero-order chi connectivity index (χ0) is 23.2. The van der Waals surface area contributed by atoms with Gasteiger partial charge < -0.3 is 0 Å². The van der Waals surface area contributed by atoms with E-state index < -0.39 is 16.1 Å². The Morgan fingerprint density at radius 1 is 1.16 bits per heavy atom. The molecule has 11 heteroatoms. The van der Waals surface area contributed by atoms with Crippen molar-refractivity contribution in [3.05, 3.63) is 75.0 Å². The molecular weight excluding hydrogens is 518 g/mol. The highest BCUT2D eigenvalue weighted by Crippen LogP contribution is 2.39. The second kappa shape index (κ2) is 8.43. The van der Waals surface area contributed by atoms with Gasteiger partial charge in [0.2, 0.25) is 15.9 Å². The fourth-order valence-corrected chi connectivity index (χ4v) is 4.86. The summed E-state index contributed by atoms with van der Waals surface area (Å²) in [5.41, 5.74) is 3.60. The highest BCUT2D eigenvalue weighted by atomic mass is 79.9. The summed E-state index contributed by atoms with van der Waals surface area (Å²) >= 11 is 10.1. The number of hydrogen-bond acceptors (Lipinski definition) is 5. The lowest BCUT2D eigenvalue weighted by atomic mass is 9.99. The van der Waals surface area contributed by atoms with Gasteiger partial charge in [-0.15, -0.1) is 0 Å². The minimum Gasteiger partial charge on any atom is -0.273 e. The molecule has 2 N–H and O–H groups in total. The minimum atomic E-state index is -3.80. The summed E-state index contributed by atoms with van der Waals surface area (Å²) in [6.45, 7) is 3.27. The van der Waals surface area contributed by atoms with E-state index in [0.717, 1.165) is 15.7 Å². The summed E-state index contributed by atoms with van der Waals surface area (Å²) in [5, 5.41) is 16.0. The number of nitrogens with two attached hydrogens (primary N) is 1. The van der Waals surface area contributed by atoms with E-state index in [1.165, 1.54) is 28.7 Å². The van der Waals surface area contributed by atoms with Crippen LogP contribution < -0.4 is 5.14 Å². The van der Waals surface area contributed by atoms with Crippen LogP contribution in [0.3, 0.4) is 0 Å². The van der Waals surface area contributed by atoms with Gasteiger partial charge in [0.05, 0.1) is 28.0 Å². The van der Waals surface area contributed by atoms with E-state index in [2.05, 4.69) is 26.1 Å². The largest absolute Gasteiger partial charge is 0.273 e. The van der Waals surface area contributed by atoms with Gasteiger partial charge in [0.15, 0.2) is 0 Å². The third kappa shape index (κ3) is 4.23. The van der Waals surface area contributed by atoms with E-state index in [9.17, 15) is 13.2 Å². The van der Waals surface area contributed by atoms with Crippen molar-refractivity contribution in [2.24, 2.45) is 10.2 Å². The maximum absolute atomic E-state index is 12.4. The van der Waals surface area contributed by atoms with E-state index in [0.29, 0.717) is 28.5 Å². The van der Waals surface area contributed by atoms with Crippen molar-refractivity contribution >= 4 is 49.2 Å². The van der Waals surface area contributed by atoms with Crippen LogP contribution in [0.15, 0.2) is 63.0 Å². The summed E-state index contributed by atoms with van der Waals surface area (Å²) in [6, 6.07) is 13.2. The molecule has 1 unspecified atom stereocenters. The van der Waals surface area contributed by atoms with Crippen LogP contribution in [0.5, 0.6) is 0 Å². The van der Waals surface area contributed by atoms with Gasteiger partial charge in [0, 0.05) is 23.4 Å². The number of halogens is 2. The Morgan fingerprint density at radius 3 is 2.34 bits per heavy atom. The number of carbonyl (C=O) groups excluding carboxylic acids is 1. The maximum atomic E-state index is 12.4. The Hall–Kier alpha value is -2.53. The minimum absolute atomic E-state index is 0.00689. The highest BCUT2D eigenvalue weighted by molar-refractivity contribution is 9.10. The Kier molecular flexibility index (Phi) is 5.97. The monoisotopic (exact) mass is 535 g/mol. The zero-order valence-corrected chi connectivity index (χ0v) is 20.3. The third-order valence-corrected chi connectivity index (χ3v) is 7.02. The normalized spacial score (nSPS) is 16.3. The molecule has 0 saturated heterocycles. The number of rotatable bonds is 4. The molecule has 4 rings (SSSR count). The lowest BCUT2D eigenvalue weighted by molar-refractivity contribution is -0.130. The van der Waals surface area contributed by atoms with Crippen LogP contribution >= 0.6 is 27.5 Å². The van der Waals surface area contributed by atoms with Crippen LogP contribution in [0.4, 0.5) is 0 Å². The zero-order valence-electron chi connectivity index (χ0n) is 17.2. The summed E-state index contributed by atoms with van der Waals surface area (Å²) in [4.78, 5) is 12.4. The Morgan fingerprint density at radius 2 is 1.78 bits per heavy atom. The number of aromatic nitrogens is 2.